The second-order valence-corrected chi connectivity index (χ2v) is 14.5. The number of carbonyl (C=O) groups excluding carboxylic acids is 2. The third kappa shape index (κ3) is 4.08. The molecule has 0 bridgehead atoms. The molecule has 0 aliphatic heterocycles. The number of hydrogen-bond donors (Lipinski definition) is 2. The molecule has 38 heavy (non-hydrogen) atoms. The maximum atomic E-state index is 12.3. The van der Waals surface area contributed by atoms with Crippen LogP contribution in [-0.2, 0) is 14.3 Å². The van der Waals surface area contributed by atoms with Gasteiger partial charge in [-0.1, -0.05) is 66.2 Å². The highest BCUT2D eigenvalue weighted by atomic mass is 16.6. The van der Waals surface area contributed by atoms with Gasteiger partial charge in [-0.15, -0.1) is 0 Å². The van der Waals surface area contributed by atoms with Crippen molar-refractivity contribution < 1.29 is 24.5 Å². The largest absolute Gasteiger partial charge is 0.459 e. The molecule has 0 aromatic rings. The van der Waals surface area contributed by atoms with Crippen molar-refractivity contribution in [3.63, 3.8) is 0 Å². The highest BCUT2D eigenvalue weighted by molar-refractivity contribution is 5.66. The quantitative estimate of drug-likeness (QED) is 0.226. The van der Waals surface area contributed by atoms with E-state index in [2.05, 4.69) is 34.3 Å². The molecule has 0 saturated heterocycles. The Morgan fingerprint density at radius 3 is 2.26 bits per heavy atom. The van der Waals surface area contributed by atoms with E-state index in [1.807, 2.05) is 20.8 Å². The number of carbonyl (C=O) groups is 2. The molecular formula is C33H52O5. The molecule has 0 aromatic carbocycles. The van der Waals surface area contributed by atoms with Crippen molar-refractivity contribution in [2.75, 3.05) is 0 Å². The monoisotopic (exact) mass is 528 g/mol. The molecule has 0 unspecified atom stereocenters. The van der Waals surface area contributed by atoms with Crippen LogP contribution in [0.5, 0.6) is 0 Å². The van der Waals surface area contributed by atoms with Crippen LogP contribution in [0.15, 0.2) is 23.3 Å². The molecule has 0 heterocycles. The Kier molecular flexibility index (Phi) is 7.67. The molecule has 2 N–H and O–H groups in total. The molecule has 0 amide bonds. The summed E-state index contributed by atoms with van der Waals surface area (Å²) >= 11 is 0. The van der Waals surface area contributed by atoms with Crippen molar-refractivity contribution in [2.45, 2.75) is 125 Å². The predicted molar refractivity (Wildman–Crippen MR) is 150 cm³/mol. The molecule has 4 aliphatic carbocycles. The van der Waals surface area contributed by atoms with Crippen molar-refractivity contribution in [2.24, 2.45) is 45.3 Å². The Labute approximate surface area is 230 Å². The lowest BCUT2D eigenvalue weighted by atomic mass is 9.43. The normalized spacial score (nSPS) is 43.0. The summed E-state index contributed by atoms with van der Waals surface area (Å²) in [5.41, 5.74) is 3.18. The van der Waals surface area contributed by atoms with Gasteiger partial charge in [0, 0.05) is 6.92 Å². The van der Waals surface area contributed by atoms with Gasteiger partial charge < -0.3 is 19.7 Å². The first-order valence-corrected chi connectivity index (χ1v) is 15.0. The molecule has 4 aliphatic rings. The van der Waals surface area contributed by atoms with Crippen LogP contribution in [0.2, 0.25) is 0 Å². The number of rotatable bonds is 7. The molecule has 2 fully saturated rings. The molecule has 10 atom stereocenters. The van der Waals surface area contributed by atoms with Gasteiger partial charge in [0.15, 0.2) is 0 Å². The molecule has 4 rings (SSSR count). The van der Waals surface area contributed by atoms with E-state index < -0.39 is 23.7 Å². The summed E-state index contributed by atoms with van der Waals surface area (Å²) in [5.74, 6) is 0.211. The number of fused-ring (bicyclic) bond motifs is 4. The third-order valence-corrected chi connectivity index (χ3v) is 12.6. The molecule has 2 saturated carbocycles. The van der Waals surface area contributed by atoms with Gasteiger partial charge in [-0.2, -0.15) is 0 Å². The number of aldehydes is 1. The molecule has 5 heteroatoms. The maximum absolute atomic E-state index is 12.3. The SMILES string of the molecule is C=C(C(C)C)[C@H](O)[C@H](OC(C)=O)[C@@H](C)[C@H]1CC[C@@]2(C)C3=C(CC[C@]12C)[C@@]1(C)CC[C@H](O)[C@@](C)(C=O)[C@@H]1CC3. The van der Waals surface area contributed by atoms with Crippen molar-refractivity contribution in [3.8, 4) is 0 Å². The summed E-state index contributed by atoms with van der Waals surface area (Å²) in [6.07, 6.45) is 6.71. The summed E-state index contributed by atoms with van der Waals surface area (Å²) in [4.78, 5) is 24.5. The summed E-state index contributed by atoms with van der Waals surface area (Å²) in [6.45, 7) is 21.0. The molecule has 0 radical (unpaired) electrons. The summed E-state index contributed by atoms with van der Waals surface area (Å²) < 4.78 is 5.84. The minimum absolute atomic E-state index is 0.00603. The van der Waals surface area contributed by atoms with Gasteiger partial charge in [-0.3, -0.25) is 4.79 Å². The molecule has 0 spiro atoms. The number of esters is 1. The fourth-order valence-electron chi connectivity index (χ4n) is 9.90. The van der Waals surface area contributed by atoms with Crippen LogP contribution in [0.1, 0.15) is 107 Å². The minimum Gasteiger partial charge on any atom is -0.459 e. The van der Waals surface area contributed by atoms with Crippen LogP contribution in [0, 0.1) is 45.3 Å². The van der Waals surface area contributed by atoms with E-state index in [-0.39, 0.29) is 40.0 Å². The van der Waals surface area contributed by atoms with Gasteiger partial charge >= 0.3 is 5.97 Å². The zero-order chi connectivity index (χ0) is 28.4. The molecule has 214 valence electrons. The average molecular weight is 529 g/mol. The van der Waals surface area contributed by atoms with Gasteiger partial charge in [0.05, 0.1) is 11.5 Å². The number of allylic oxidation sites excluding steroid dienone is 2. The van der Waals surface area contributed by atoms with Gasteiger partial charge in [-0.25, -0.2) is 0 Å². The highest BCUT2D eigenvalue weighted by Crippen LogP contribution is 2.72. The minimum atomic E-state index is -0.883. The van der Waals surface area contributed by atoms with Gasteiger partial charge in [0.2, 0.25) is 0 Å². The second-order valence-electron chi connectivity index (χ2n) is 14.5. The van der Waals surface area contributed by atoms with E-state index >= 15 is 0 Å². The van der Waals surface area contributed by atoms with Crippen molar-refractivity contribution in [3.05, 3.63) is 23.3 Å². The number of aliphatic hydroxyl groups is 2. The van der Waals surface area contributed by atoms with Crippen molar-refractivity contribution in [1.82, 2.24) is 0 Å². The topological polar surface area (TPSA) is 83.8 Å². The smallest absolute Gasteiger partial charge is 0.303 e. The fraction of sp³-hybridized carbons (Fsp3) is 0.818. The Morgan fingerprint density at radius 1 is 1.03 bits per heavy atom. The Hall–Kier alpha value is -1.46. The number of ether oxygens (including phenoxy) is 1. The van der Waals surface area contributed by atoms with E-state index in [0.717, 1.165) is 51.2 Å². The second kappa shape index (κ2) is 9.87. The average Bonchev–Trinajstić information content (AvgIpc) is 3.14. The van der Waals surface area contributed by atoms with E-state index in [9.17, 15) is 19.8 Å². The van der Waals surface area contributed by atoms with Crippen LogP contribution >= 0.6 is 0 Å². The van der Waals surface area contributed by atoms with E-state index in [4.69, 9.17) is 4.74 Å². The van der Waals surface area contributed by atoms with E-state index in [1.165, 1.54) is 6.92 Å². The molecule has 5 nitrogen and oxygen atoms in total. The van der Waals surface area contributed by atoms with Crippen LogP contribution in [0.4, 0.5) is 0 Å². The summed E-state index contributed by atoms with van der Waals surface area (Å²) in [5, 5.41) is 22.1. The highest BCUT2D eigenvalue weighted by Gasteiger charge is 2.64. The zero-order valence-electron chi connectivity index (χ0n) is 25.1. The van der Waals surface area contributed by atoms with Crippen LogP contribution < -0.4 is 0 Å². The van der Waals surface area contributed by atoms with E-state index in [1.54, 1.807) is 11.1 Å². The fourth-order valence-corrected chi connectivity index (χ4v) is 9.90. The Bertz CT molecular complexity index is 1010. The van der Waals surface area contributed by atoms with Gasteiger partial charge in [-0.05, 0) is 96.9 Å². The lowest BCUT2D eigenvalue weighted by Crippen LogP contribution is -2.57. The van der Waals surface area contributed by atoms with Gasteiger partial charge in [0.25, 0.3) is 0 Å². The maximum Gasteiger partial charge on any atom is 0.303 e. The van der Waals surface area contributed by atoms with Crippen LogP contribution in [0.25, 0.3) is 0 Å². The first-order chi connectivity index (χ1) is 17.6. The van der Waals surface area contributed by atoms with Crippen LogP contribution in [0.3, 0.4) is 0 Å². The Balaban J connectivity index is 1.70. The number of aliphatic hydroxyl groups excluding tert-OH is 2. The number of hydrogen-bond acceptors (Lipinski definition) is 5. The first kappa shape index (κ1) is 29.5. The Morgan fingerprint density at radius 2 is 1.68 bits per heavy atom. The first-order valence-electron chi connectivity index (χ1n) is 15.0. The van der Waals surface area contributed by atoms with E-state index in [0.29, 0.717) is 17.9 Å². The predicted octanol–water partition coefficient (Wildman–Crippen LogP) is 6.42. The van der Waals surface area contributed by atoms with Crippen LogP contribution in [-0.4, -0.2) is 40.8 Å². The summed E-state index contributed by atoms with van der Waals surface area (Å²) in [7, 11) is 0. The molecular weight excluding hydrogens is 476 g/mol. The lowest BCUT2D eigenvalue weighted by Gasteiger charge is -2.61. The lowest BCUT2D eigenvalue weighted by molar-refractivity contribution is -0.159. The standard InChI is InChI=1S/C33H52O5/c1-19(2)20(3)28(37)29(38-22(5)35)21(4)23-12-16-33(9)25-10-11-26-30(6,24(25)13-17-32(23,33)8)15-14-27(36)31(26,7)18-34/h18-19,21,23,26-29,36-37H,3,10-17H2,1-2,4-9H3/t21-,23+,26+,27-,28-,29+,30+,31-,32+,33-/m0/s1. The van der Waals surface area contributed by atoms with Gasteiger partial charge in [0.1, 0.15) is 18.5 Å². The third-order valence-electron chi connectivity index (χ3n) is 12.6. The zero-order valence-corrected chi connectivity index (χ0v) is 25.1. The summed E-state index contributed by atoms with van der Waals surface area (Å²) in [6, 6.07) is 0. The molecule has 0 aromatic heterocycles. The van der Waals surface area contributed by atoms with Crippen molar-refractivity contribution in [1.29, 1.82) is 0 Å². The van der Waals surface area contributed by atoms with Crippen molar-refractivity contribution >= 4 is 12.3 Å².